The predicted octanol–water partition coefficient (Wildman–Crippen LogP) is 3.18. The average Bonchev–Trinajstić information content (AvgIpc) is 3.02. The number of carbonyl (C=O) groups is 1. The van der Waals surface area contributed by atoms with Crippen LogP contribution in [0.2, 0.25) is 0 Å². The zero-order valence-electron chi connectivity index (χ0n) is 13.3. The van der Waals surface area contributed by atoms with E-state index in [0.717, 1.165) is 37.5 Å². The zero-order valence-corrected chi connectivity index (χ0v) is 14.1. The second-order valence-electron chi connectivity index (χ2n) is 5.80. The number of hydrogen-bond donors (Lipinski definition) is 1. The molecule has 7 heteroatoms. The van der Waals surface area contributed by atoms with E-state index in [9.17, 15) is 9.18 Å². The van der Waals surface area contributed by atoms with Crippen molar-refractivity contribution in [1.82, 2.24) is 9.78 Å². The molecule has 2 heterocycles. The number of rotatable bonds is 6. The molecular formula is C17H20FN3O2S. The van der Waals surface area contributed by atoms with Gasteiger partial charge in [-0.25, -0.2) is 4.39 Å². The second kappa shape index (κ2) is 8.30. The summed E-state index contributed by atoms with van der Waals surface area (Å²) >= 11 is 1.37. The van der Waals surface area contributed by atoms with Gasteiger partial charge in [0.2, 0.25) is 5.91 Å². The molecule has 0 atom stereocenters. The van der Waals surface area contributed by atoms with Gasteiger partial charge in [-0.05, 0) is 43.0 Å². The van der Waals surface area contributed by atoms with Crippen molar-refractivity contribution in [3.63, 3.8) is 0 Å². The first-order valence-electron chi connectivity index (χ1n) is 7.97. The Hall–Kier alpha value is -1.86. The molecule has 1 N–H and O–H groups in total. The number of halogens is 1. The van der Waals surface area contributed by atoms with E-state index in [0.29, 0.717) is 11.6 Å². The van der Waals surface area contributed by atoms with E-state index in [1.165, 1.54) is 23.9 Å². The lowest BCUT2D eigenvalue weighted by Gasteiger charge is -2.21. The molecular weight excluding hydrogens is 329 g/mol. The van der Waals surface area contributed by atoms with Crippen molar-refractivity contribution < 1.29 is 13.9 Å². The van der Waals surface area contributed by atoms with E-state index in [1.807, 2.05) is 10.9 Å². The van der Waals surface area contributed by atoms with Crippen molar-refractivity contribution in [2.45, 2.75) is 24.3 Å². The van der Waals surface area contributed by atoms with E-state index < -0.39 is 0 Å². The summed E-state index contributed by atoms with van der Waals surface area (Å²) in [5, 5.41) is 7.14. The maximum atomic E-state index is 12.8. The van der Waals surface area contributed by atoms with Crippen LogP contribution in [0.1, 0.15) is 12.8 Å². The SMILES string of the molecule is O=C(CSc1ccc(F)cc1)Nc1cnn(CC2CCOCC2)c1. The summed E-state index contributed by atoms with van der Waals surface area (Å²) < 4.78 is 20.1. The molecule has 0 unspecified atom stereocenters. The minimum atomic E-state index is -0.277. The van der Waals surface area contributed by atoms with Crippen LogP contribution in [-0.2, 0) is 16.1 Å². The molecule has 0 aliphatic carbocycles. The Bertz CT molecular complexity index is 669. The minimum absolute atomic E-state index is 0.102. The summed E-state index contributed by atoms with van der Waals surface area (Å²) in [4.78, 5) is 12.9. The standard InChI is InChI=1S/C17H20FN3O2S/c18-14-1-3-16(4-2-14)24-12-17(22)20-15-9-19-21(11-15)10-13-5-7-23-8-6-13/h1-4,9,11,13H,5-8,10,12H2,(H,20,22). The Kier molecular flexibility index (Phi) is 5.87. The highest BCUT2D eigenvalue weighted by Crippen LogP contribution is 2.19. The van der Waals surface area contributed by atoms with Gasteiger partial charge in [0.05, 0.1) is 17.6 Å². The normalized spacial score (nSPS) is 15.4. The number of aromatic nitrogens is 2. The minimum Gasteiger partial charge on any atom is -0.381 e. The highest BCUT2D eigenvalue weighted by Gasteiger charge is 2.15. The van der Waals surface area contributed by atoms with Crippen LogP contribution in [0.4, 0.5) is 10.1 Å². The lowest BCUT2D eigenvalue weighted by molar-refractivity contribution is -0.113. The highest BCUT2D eigenvalue weighted by molar-refractivity contribution is 8.00. The van der Waals surface area contributed by atoms with Crippen molar-refractivity contribution in [2.24, 2.45) is 5.92 Å². The van der Waals surface area contributed by atoms with E-state index in [4.69, 9.17) is 4.74 Å². The smallest absolute Gasteiger partial charge is 0.234 e. The van der Waals surface area contributed by atoms with Crippen LogP contribution in [0.3, 0.4) is 0 Å². The summed E-state index contributed by atoms with van der Waals surface area (Å²) in [6, 6.07) is 6.11. The van der Waals surface area contributed by atoms with Crippen LogP contribution in [-0.4, -0.2) is 34.7 Å². The first-order valence-corrected chi connectivity index (χ1v) is 8.96. The molecule has 0 bridgehead atoms. The van der Waals surface area contributed by atoms with Crippen molar-refractivity contribution in [3.05, 3.63) is 42.5 Å². The van der Waals surface area contributed by atoms with Gasteiger partial charge in [0.25, 0.3) is 0 Å². The molecule has 1 aromatic carbocycles. The quantitative estimate of drug-likeness (QED) is 0.814. The molecule has 24 heavy (non-hydrogen) atoms. The fourth-order valence-electron chi connectivity index (χ4n) is 2.60. The number of hydrogen-bond acceptors (Lipinski definition) is 4. The lowest BCUT2D eigenvalue weighted by atomic mass is 10.0. The molecule has 0 saturated carbocycles. The Morgan fingerprint density at radius 2 is 2.08 bits per heavy atom. The number of amides is 1. The van der Waals surface area contributed by atoms with Crippen molar-refractivity contribution in [3.8, 4) is 0 Å². The predicted molar refractivity (Wildman–Crippen MR) is 91.5 cm³/mol. The van der Waals surface area contributed by atoms with Crippen molar-refractivity contribution in [2.75, 3.05) is 24.3 Å². The zero-order chi connectivity index (χ0) is 16.8. The molecule has 1 aromatic heterocycles. The van der Waals surface area contributed by atoms with E-state index in [2.05, 4.69) is 10.4 Å². The van der Waals surface area contributed by atoms with Crippen LogP contribution < -0.4 is 5.32 Å². The third-order valence-corrected chi connectivity index (χ3v) is 4.90. The summed E-state index contributed by atoms with van der Waals surface area (Å²) in [7, 11) is 0. The fraction of sp³-hybridized carbons (Fsp3) is 0.412. The number of anilines is 1. The molecule has 1 saturated heterocycles. The molecule has 3 rings (SSSR count). The van der Waals surface area contributed by atoms with Gasteiger partial charge in [0.1, 0.15) is 5.82 Å². The van der Waals surface area contributed by atoms with Gasteiger partial charge in [-0.15, -0.1) is 11.8 Å². The van der Waals surface area contributed by atoms with Gasteiger partial charge in [-0.1, -0.05) is 0 Å². The first kappa shape index (κ1) is 17.0. The van der Waals surface area contributed by atoms with Gasteiger partial charge >= 0.3 is 0 Å². The molecule has 0 radical (unpaired) electrons. The van der Waals surface area contributed by atoms with Crippen LogP contribution in [0, 0.1) is 11.7 Å². The lowest BCUT2D eigenvalue weighted by Crippen LogP contribution is -2.20. The van der Waals surface area contributed by atoms with E-state index >= 15 is 0 Å². The van der Waals surface area contributed by atoms with E-state index in [1.54, 1.807) is 18.3 Å². The van der Waals surface area contributed by atoms with Crippen LogP contribution in [0.5, 0.6) is 0 Å². The Morgan fingerprint density at radius 1 is 1.33 bits per heavy atom. The van der Waals surface area contributed by atoms with E-state index in [-0.39, 0.29) is 17.5 Å². The third kappa shape index (κ3) is 5.07. The van der Waals surface area contributed by atoms with Crippen LogP contribution in [0.25, 0.3) is 0 Å². The monoisotopic (exact) mass is 349 g/mol. The Morgan fingerprint density at radius 3 is 2.83 bits per heavy atom. The highest BCUT2D eigenvalue weighted by atomic mass is 32.2. The Balaban J connectivity index is 1.45. The number of ether oxygens (including phenoxy) is 1. The summed E-state index contributed by atoms with van der Waals surface area (Å²) in [5.74, 6) is 0.475. The molecule has 0 spiro atoms. The molecule has 1 aliphatic heterocycles. The van der Waals surface area contributed by atoms with Crippen molar-refractivity contribution >= 4 is 23.4 Å². The van der Waals surface area contributed by atoms with Gasteiger partial charge in [0, 0.05) is 30.9 Å². The second-order valence-corrected chi connectivity index (χ2v) is 6.85. The number of thioether (sulfide) groups is 1. The molecule has 1 amide bonds. The number of carbonyl (C=O) groups excluding carboxylic acids is 1. The summed E-state index contributed by atoms with van der Waals surface area (Å²) in [6.45, 7) is 2.48. The van der Waals surface area contributed by atoms with Gasteiger partial charge in [-0.2, -0.15) is 5.10 Å². The third-order valence-electron chi connectivity index (χ3n) is 3.89. The fourth-order valence-corrected chi connectivity index (χ4v) is 3.30. The molecule has 5 nitrogen and oxygen atoms in total. The van der Waals surface area contributed by atoms with Gasteiger partial charge in [-0.3, -0.25) is 9.48 Å². The van der Waals surface area contributed by atoms with Crippen LogP contribution in [0.15, 0.2) is 41.6 Å². The van der Waals surface area contributed by atoms with Crippen LogP contribution >= 0.6 is 11.8 Å². The maximum absolute atomic E-state index is 12.8. The molecule has 1 fully saturated rings. The molecule has 2 aromatic rings. The topological polar surface area (TPSA) is 56.2 Å². The van der Waals surface area contributed by atoms with Crippen molar-refractivity contribution in [1.29, 1.82) is 0 Å². The molecule has 128 valence electrons. The number of nitrogens with one attached hydrogen (secondary N) is 1. The van der Waals surface area contributed by atoms with Gasteiger partial charge in [0.15, 0.2) is 0 Å². The molecule has 1 aliphatic rings. The van der Waals surface area contributed by atoms with Gasteiger partial charge < -0.3 is 10.1 Å². The largest absolute Gasteiger partial charge is 0.381 e. The number of benzene rings is 1. The summed E-state index contributed by atoms with van der Waals surface area (Å²) in [6.07, 6.45) is 5.63. The summed E-state index contributed by atoms with van der Waals surface area (Å²) in [5.41, 5.74) is 0.701. The average molecular weight is 349 g/mol. The number of nitrogens with zero attached hydrogens (tertiary/aromatic N) is 2. The Labute approximate surface area is 144 Å². The maximum Gasteiger partial charge on any atom is 0.234 e. The first-order chi connectivity index (χ1) is 11.7.